The van der Waals surface area contributed by atoms with E-state index in [0.717, 1.165) is 24.9 Å². The monoisotopic (exact) mass is 375 g/mol. The second-order valence-corrected chi connectivity index (χ2v) is 7.61. The quantitative estimate of drug-likeness (QED) is 0.434. The van der Waals surface area contributed by atoms with Gasteiger partial charge < -0.3 is 14.4 Å². The van der Waals surface area contributed by atoms with Gasteiger partial charge in [-0.2, -0.15) is 0 Å². The molecular weight excluding hydrogens is 354 g/mol. The molecule has 3 aliphatic heterocycles. The summed E-state index contributed by atoms with van der Waals surface area (Å²) in [7, 11) is 0. The normalized spacial score (nSPS) is 31.5. The molecule has 0 unspecified atom stereocenters. The Kier molecular flexibility index (Phi) is 4.53. The number of rotatable bonds is 6. The van der Waals surface area contributed by atoms with Crippen LogP contribution in [0.1, 0.15) is 26.2 Å². The molecule has 0 aromatic heterocycles. The van der Waals surface area contributed by atoms with Gasteiger partial charge in [-0.15, -0.1) is 0 Å². The summed E-state index contributed by atoms with van der Waals surface area (Å²) in [5.74, 6) is -1.50. The van der Waals surface area contributed by atoms with Crippen molar-refractivity contribution in [1.29, 1.82) is 0 Å². The number of nitrogens with zero attached hydrogens (tertiary/aromatic N) is 1. The van der Waals surface area contributed by atoms with E-state index >= 15 is 0 Å². The lowest BCUT2D eigenvalue weighted by Crippen LogP contribution is -2.40. The molecule has 0 radical (unpaired) electrons. The molecule has 0 aliphatic carbocycles. The van der Waals surface area contributed by atoms with Gasteiger partial charge in [-0.3, -0.25) is 9.59 Å². The Bertz CT molecular complexity index is 747. The number of benzene rings is 1. The molecule has 1 aromatic carbocycles. The molecule has 0 saturated carbocycles. The number of halogens is 1. The van der Waals surface area contributed by atoms with Gasteiger partial charge >= 0.3 is 5.97 Å². The SMILES string of the molecule is CCCCCOC(=O)[C@H]1[C@H]2C(=O)N(c3ccc(Cl)cc3)C[C@]23C=C[C@H]1O3. The summed E-state index contributed by atoms with van der Waals surface area (Å²) in [5.41, 5.74) is 0.0350. The van der Waals surface area contributed by atoms with Crippen molar-refractivity contribution in [3.05, 3.63) is 41.4 Å². The van der Waals surface area contributed by atoms with Crippen LogP contribution in [0, 0.1) is 11.8 Å². The highest BCUT2D eigenvalue weighted by atomic mass is 35.5. The molecule has 1 amide bonds. The number of hydrogen-bond acceptors (Lipinski definition) is 4. The number of carbonyl (C=O) groups excluding carboxylic acids is 2. The largest absolute Gasteiger partial charge is 0.465 e. The van der Waals surface area contributed by atoms with E-state index in [-0.39, 0.29) is 18.0 Å². The van der Waals surface area contributed by atoms with Crippen LogP contribution in [0.4, 0.5) is 5.69 Å². The Labute approximate surface area is 157 Å². The van der Waals surface area contributed by atoms with Crippen LogP contribution in [-0.2, 0) is 19.1 Å². The lowest BCUT2D eigenvalue weighted by Gasteiger charge is -2.22. The summed E-state index contributed by atoms with van der Waals surface area (Å²) in [6.07, 6.45) is 6.40. The number of esters is 1. The fourth-order valence-electron chi connectivity index (χ4n) is 4.23. The number of fused-ring (bicyclic) bond motifs is 1. The molecule has 3 aliphatic rings. The van der Waals surface area contributed by atoms with Crippen LogP contribution in [0.5, 0.6) is 0 Å². The topological polar surface area (TPSA) is 55.8 Å². The van der Waals surface area contributed by atoms with Crippen LogP contribution in [0.25, 0.3) is 0 Å². The zero-order chi connectivity index (χ0) is 18.3. The summed E-state index contributed by atoms with van der Waals surface area (Å²) in [4.78, 5) is 27.5. The summed E-state index contributed by atoms with van der Waals surface area (Å²) < 4.78 is 11.5. The van der Waals surface area contributed by atoms with Crippen molar-refractivity contribution in [3.8, 4) is 0 Å². The molecular formula is C20H22ClNO4. The summed E-state index contributed by atoms with van der Waals surface area (Å²) in [6, 6.07) is 7.13. The van der Waals surface area contributed by atoms with Crippen LogP contribution in [0.15, 0.2) is 36.4 Å². The van der Waals surface area contributed by atoms with E-state index in [0.29, 0.717) is 18.2 Å². The van der Waals surface area contributed by atoms with Crippen molar-refractivity contribution in [2.75, 3.05) is 18.1 Å². The molecule has 2 saturated heterocycles. The molecule has 5 nitrogen and oxygen atoms in total. The van der Waals surface area contributed by atoms with Crippen molar-refractivity contribution >= 4 is 29.2 Å². The molecule has 1 spiro atoms. The van der Waals surface area contributed by atoms with Crippen LogP contribution in [-0.4, -0.2) is 36.7 Å². The predicted molar refractivity (Wildman–Crippen MR) is 98.0 cm³/mol. The van der Waals surface area contributed by atoms with Crippen molar-refractivity contribution in [2.45, 2.75) is 37.9 Å². The van der Waals surface area contributed by atoms with E-state index in [2.05, 4.69) is 6.92 Å². The molecule has 26 heavy (non-hydrogen) atoms. The van der Waals surface area contributed by atoms with Gasteiger partial charge in [0.25, 0.3) is 0 Å². The molecule has 6 heteroatoms. The molecule has 2 fully saturated rings. The smallest absolute Gasteiger partial charge is 0.312 e. The average Bonchev–Trinajstić information content (AvgIpc) is 3.28. The van der Waals surface area contributed by atoms with E-state index in [4.69, 9.17) is 21.1 Å². The fourth-order valence-corrected chi connectivity index (χ4v) is 4.35. The Morgan fingerprint density at radius 3 is 2.85 bits per heavy atom. The third-order valence-electron chi connectivity index (χ3n) is 5.50. The highest BCUT2D eigenvalue weighted by Gasteiger charge is 2.67. The molecule has 138 valence electrons. The Hall–Kier alpha value is -1.85. The number of amides is 1. The molecule has 2 bridgehead atoms. The maximum atomic E-state index is 13.1. The second-order valence-electron chi connectivity index (χ2n) is 7.18. The van der Waals surface area contributed by atoms with Crippen LogP contribution in [0.2, 0.25) is 5.02 Å². The van der Waals surface area contributed by atoms with Crippen molar-refractivity contribution in [1.82, 2.24) is 0 Å². The van der Waals surface area contributed by atoms with Crippen LogP contribution < -0.4 is 4.90 Å². The lowest BCUT2D eigenvalue weighted by atomic mass is 9.77. The predicted octanol–water partition coefficient (Wildman–Crippen LogP) is 3.36. The second kappa shape index (κ2) is 6.71. The van der Waals surface area contributed by atoms with Gasteiger partial charge in [0.15, 0.2) is 0 Å². The first-order chi connectivity index (χ1) is 12.6. The van der Waals surface area contributed by atoms with E-state index in [9.17, 15) is 9.59 Å². The Morgan fingerprint density at radius 2 is 2.12 bits per heavy atom. The van der Waals surface area contributed by atoms with Crippen molar-refractivity contribution in [3.63, 3.8) is 0 Å². The van der Waals surface area contributed by atoms with Crippen molar-refractivity contribution in [2.24, 2.45) is 11.8 Å². The van der Waals surface area contributed by atoms with Crippen LogP contribution >= 0.6 is 11.6 Å². The number of anilines is 1. The minimum atomic E-state index is -0.728. The summed E-state index contributed by atoms with van der Waals surface area (Å²) >= 11 is 5.95. The highest BCUT2D eigenvalue weighted by molar-refractivity contribution is 6.30. The number of hydrogen-bond donors (Lipinski definition) is 0. The minimum Gasteiger partial charge on any atom is -0.465 e. The van der Waals surface area contributed by atoms with Gasteiger partial charge in [0.2, 0.25) is 5.91 Å². The van der Waals surface area contributed by atoms with Crippen LogP contribution in [0.3, 0.4) is 0 Å². The molecule has 1 aromatic rings. The third kappa shape index (κ3) is 2.74. The molecule has 4 atom stereocenters. The van der Waals surface area contributed by atoms with Gasteiger partial charge in [0.05, 0.1) is 25.2 Å². The summed E-state index contributed by atoms with van der Waals surface area (Å²) in [6.45, 7) is 2.90. The number of carbonyl (C=O) groups is 2. The maximum absolute atomic E-state index is 13.1. The van der Waals surface area contributed by atoms with E-state index in [1.54, 1.807) is 17.0 Å². The first-order valence-electron chi connectivity index (χ1n) is 9.16. The Morgan fingerprint density at radius 1 is 1.35 bits per heavy atom. The first kappa shape index (κ1) is 17.6. The zero-order valence-electron chi connectivity index (χ0n) is 14.7. The highest BCUT2D eigenvalue weighted by Crippen LogP contribution is 2.52. The van der Waals surface area contributed by atoms with Gasteiger partial charge in [0, 0.05) is 10.7 Å². The van der Waals surface area contributed by atoms with E-state index in [1.165, 1.54) is 0 Å². The third-order valence-corrected chi connectivity index (χ3v) is 5.75. The molecule has 3 heterocycles. The Balaban J connectivity index is 1.53. The van der Waals surface area contributed by atoms with Crippen molar-refractivity contribution < 1.29 is 19.1 Å². The number of ether oxygens (including phenoxy) is 2. The maximum Gasteiger partial charge on any atom is 0.312 e. The standard InChI is InChI=1S/C20H22ClNO4/c1-2-3-4-11-25-19(24)16-15-9-10-20(26-15)12-22(18(23)17(16)20)14-7-5-13(21)6-8-14/h5-10,15-17H,2-4,11-12H2,1H3/t15-,16-,17+,20-/m1/s1. The van der Waals surface area contributed by atoms with Gasteiger partial charge in [-0.25, -0.2) is 0 Å². The fraction of sp³-hybridized carbons (Fsp3) is 0.500. The average molecular weight is 376 g/mol. The zero-order valence-corrected chi connectivity index (χ0v) is 15.4. The van der Waals surface area contributed by atoms with E-state index in [1.807, 2.05) is 24.3 Å². The number of unbranched alkanes of at least 4 members (excludes halogenated alkanes) is 2. The molecule has 4 rings (SSSR count). The first-order valence-corrected chi connectivity index (χ1v) is 9.54. The summed E-state index contributed by atoms with van der Waals surface area (Å²) in [5, 5.41) is 0.615. The van der Waals surface area contributed by atoms with Gasteiger partial charge in [0.1, 0.15) is 11.5 Å². The minimum absolute atomic E-state index is 0.0883. The van der Waals surface area contributed by atoms with Gasteiger partial charge in [-0.1, -0.05) is 43.5 Å². The van der Waals surface area contributed by atoms with Gasteiger partial charge in [-0.05, 0) is 30.7 Å². The van der Waals surface area contributed by atoms with E-state index < -0.39 is 17.4 Å². The lowest BCUT2D eigenvalue weighted by molar-refractivity contribution is -0.152. The molecule has 0 N–H and O–H groups in total.